The van der Waals surface area contributed by atoms with Crippen molar-refractivity contribution in [1.29, 1.82) is 0 Å². The van der Waals surface area contributed by atoms with Gasteiger partial charge in [-0.3, -0.25) is 4.79 Å². The molecule has 4 rings (SSSR count). The van der Waals surface area contributed by atoms with Crippen molar-refractivity contribution < 1.29 is 19.1 Å². The summed E-state index contributed by atoms with van der Waals surface area (Å²) in [5.41, 5.74) is 1.26. The summed E-state index contributed by atoms with van der Waals surface area (Å²) in [4.78, 5) is 12.9. The Labute approximate surface area is 141 Å². The van der Waals surface area contributed by atoms with Crippen LogP contribution in [0.4, 0.5) is 0 Å². The van der Waals surface area contributed by atoms with Crippen molar-refractivity contribution in [1.82, 2.24) is 5.32 Å². The van der Waals surface area contributed by atoms with Gasteiger partial charge in [0.05, 0.1) is 12.7 Å². The van der Waals surface area contributed by atoms with Crippen LogP contribution in [0.5, 0.6) is 5.75 Å². The number of carbonyl (C=O) groups is 1. The molecule has 128 valence electrons. The Bertz CT molecular complexity index is 781. The molecule has 5 heteroatoms. The second kappa shape index (κ2) is 5.81. The van der Waals surface area contributed by atoms with Gasteiger partial charge in [0.15, 0.2) is 0 Å². The van der Waals surface area contributed by atoms with E-state index in [9.17, 15) is 9.90 Å². The van der Waals surface area contributed by atoms with Gasteiger partial charge in [-0.1, -0.05) is 0 Å². The second-order valence-corrected chi connectivity index (χ2v) is 7.07. The zero-order chi connectivity index (χ0) is 16.8. The molecule has 1 heterocycles. The third-order valence-corrected chi connectivity index (χ3v) is 5.90. The Morgan fingerprint density at radius 1 is 1.38 bits per heavy atom. The molecule has 2 aliphatic carbocycles. The van der Waals surface area contributed by atoms with Crippen LogP contribution in [0.3, 0.4) is 0 Å². The number of nitrogens with one attached hydrogen (secondary N) is 1. The van der Waals surface area contributed by atoms with E-state index in [2.05, 4.69) is 5.32 Å². The largest absolute Gasteiger partial charge is 0.497 e. The molecule has 1 aromatic heterocycles. The Hall–Kier alpha value is -2.01. The number of amides is 1. The first-order chi connectivity index (χ1) is 11.6. The van der Waals surface area contributed by atoms with Gasteiger partial charge >= 0.3 is 0 Å². The van der Waals surface area contributed by atoms with Crippen LogP contribution >= 0.6 is 0 Å². The number of aliphatic hydroxyl groups excluding tert-OH is 1. The smallest absolute Gasteiger partial charge is 0.255 e. The quantitative estimate of drug-likeness (QED) is 0.905. The van der Waals surface area contributed by atoms with E-state index in [0.29, 0.717) is 34.5 Å². The van der Waals surface area contributed by atoms with Crippen LogP contribution in [0.2, 0.25) is 0 Å². The zero-order valence-corrected chi connectivity index (χ0v) is 14.0. The van der Waals surface area contributed by atoms with E-state index in [1.807, 2.05) is 25.1 Å². The summed E-state index contributed by atoms with van der Waals surface area (Å²) in [5, 5.41) is 13.7. The molecular weight excluding hydrogens is 306 g/mol. The number of hydrogen-bond acceptors (Lipinski definition) is 4. The highest BCUT2D eigenvalue weighted by molar-refractivity contribution is 6.07. The predicted molar refractivity (Wildman–Crippen MR) is 90.2 cm³/mol. The number of benzene rings is 1. The maximum Gasteiger partial charge on any atom is 0.255 e. The first-order valence-corrected chi connectivity index (χ1v) is 8.61. The van der Waals surface area contributed by atoms with Crippen LogP contribution in [-0.4, -0.2) is 30.8 Å². The number of rotatable bonds is 4. The molecule has 24 heavy (non-hydrogen) atoms. The molecule has 2 aromatic rings. The number of aryl methyl sites for hydroxylation is 1. The zero-order valence-electron chi connectivity index (χ0n) is 14.0. The van der Waals surface area contributed by atoms with Gasteiger partial charge in [0.1, 0.15) is 17.1 Å². The highest BCUT2D eigenvalue weighted by Crippen LogP contribution is 2.48. The molecule has 5 nitrogen and oxygen atoms in total. The Kier molecular flexibility index (Phi) is 3.76. The molecule has 0 saturated heterocycles. The number of aliphatic hydroxyl groups is 1. The van der Waals surface area contributed by atoms with E-state index in [0.717, 1.165) is 18.2 Å². The van der Waals surface area contributed by atoms with Gasteiger partial charge in [-0.15, -0.1) is 0 Å². The van der Waals surface area contributed by atoms with Gasteiger partial charge in [0.25, 0.3) is 5.91 Å². The SMILES string of the molecule is COc1ccc2oc(C)c(C(=O)NC3C4CCC(C4)C3CO)c2c1. The van der Waals surface area contributed by atoms with E-state index in [-0.39, 0.29) is 24.5 Å². The number of hydrogen-bond donors (Lipinski definition) is 2. The minimum atomic E-state index is -0.115. The second-order valence-electron chi connectivity index (χ2n) is 7.07. The number of furan rings is 1. The maximum absolute atomic E-state index is 12.9. The summed E-state index contributed by atoms with van der Waals surface area (Å²) in [6.07, 6.45) is 3.44. The number of ether oxygens (including phenoxy) is 1. The molecule has 0 aliphatic heterocycles. The standard InChI is InChI=1S/C19H23NO4/c1-10-17(14-8-13(23-2)5-6-16(14)24-10)19(22)20-18-12-4-3-11(7-12)15(18)9-21/h5-6,8,11-12,15,18,21H,3-4,7,9H2,1-2H3,(H,20,22). The van der Waals surface area contributed by atoms with Crippen LogP contribution in [0.15, 0.2) is 22.6 Å². The van der Waals surface area contributed by atoms with Crippen LogP contribution in [0, 0.1) is 24.7 Å². The average molecular weight is 329 g/mol. The lowest BCUT2D eigenvalue weighted by Crippen LogP contribution is -2.45. The Morgan fingerprint density at radius 2 is 2.17 bits per heavy atom. The van der Waals surface area contributed by atoms with Crippen LogP contribution < -0.4 is 10.1 Å². The normalized spacial score (nSPS) is 28.5. The van der Waals surface area contributed by atoms with Crippen LogP contribution in [0.25, 0.3) is 11.0 Å². The molecule has 0 spiro atoms. The van der Waals surface area contributed by atoms with Crippen molar-refractivity contribution in [3.8, 4) is 5.75 Å². The van der Waals surface area contributed by atoms with Gasteiger partial charge in [-0.05, 0) is 56.2 Å². The summed E-state index contributed by atoms with van der Waals surface area (Å²) in [6.45, 7) is 1.96. The Morgan fingerprint density at radius 3 is 2.92 bits per heavy atom. The van der Waals surface area contributed by atoms with Gasteiger partial charge in [-0.25, -0.2) is 0 Å². The summed E-state index contributed by atoms with van der Waals surface area (Å²) in [6, 6.07) is 5.55. The Balaban J connectivity index is 1.65. The lowest BCUT2D eigenvalue weighted by atomic mass is 9.85. The number of methoxy groups -OCH3 is 1. The summed E-state index contributed by atoms with van der Waals surface area (Å²) >= 11 is 0. The lowest BCUT2D eigenvalue weighted by Gasteiger charge is -2.30. The molecule has 2 N–H and O–H groups in total. The summed E-state index contributed by atoms with van der Waals surface area (Å²) < 4.78 is 11.0. The first kappa shape index (κ1) is 15.5. The third-order valence-electron chi connectivity index (χ3n) is 5.90. The highest BCUT2D eigenvalue weighted by Gasteiger charge is 2.47. The molecule has 0 radical (unpaired) electrons. The van der Waals surface area contributed by atoms with Crippen molar-refractivity contribution in [2.75, 3.05) is 13.7 Å². The van der Waals surface area contributed by atoms with E-state index >= 15 is 0 Å². The van der Waals surface area contributed by atoms with E-state index in [1.54, 1.807) is 7.11 Å². The van der Waals surface area contributed by atoms with Crippen molar-refractivity contribution in [2.45, 2.75) is 32.2 Å². The summed E-state index contributed by atoms with van der Waals surface area (Å²) in [7, 11) is 1.61. The molecule has 2 fully saturated rings. The molecule has 2 aliphatic rings. The predicted octanol–water partition coefficient (Wildman–Crippen LogP) is 2.89. The van der Waals surface area contributed by atoms with Gasteiger partial charge in [-0.2, -0.15) is 0 Å². The molecule has 2 bridgehead atoms. The van der Waals surface area contributed by atoms with Gasteiger partial charge in [0, 0.05) is 24.0 Å². The van der Waals surface area contributed by atoms with Crippen molar-refractivity contribution in [3.05, 3.63) is 29.5 Å². The molecule has 1 amide bonds. The lowest BCUT2D eigenvalue weighted by molar-refractivity contribution is 0.0861. The minimum absolute atomic E-state index is 0.0659. The molecule has 4 atom stereocenters. The minimum Gasteiger partial charge on any atom is -0.497 e. The maximum atomic E-state index is 12.9. The fourth-order valence-corrected chi connectivity index (χ4v) is 4.73. The number of carbonyl (C=O) groups excluding carboxylic acids is 1. The average Bonchev–Trinajstić information content (AvgIpc) is 3.25. The monoisotopic (exact) mass is 329 g/mol. The highest BCUT2D eigenvalue weighted by atomic mass is 16.5. The van der Waals surface area contributed by atoms with Crippen molar-refractivity contribution >= 4 is 16.9 Å². The van der Waals surface area contributed by atoms with Crippen LogP contribution in [-0.2, 0) is 0 Å². The summed E-state index contributed by atoms with van der Waals surface area (Å²) in [5.74, 6) is 2.41. The molecular formula is C19H23NO4. The van der Waals surface area contributed by atoms with Crippen molar-refractivity contribution in [3.63, 3.8) is 0 Å². The number of fused-ring (bicyclic) bond motifs is 3. The van der Waals surface area contributed by atoms with Gasteiger partial charge < -0.3 is 19.6 Å². The third kappa shape index (κ3) is 2.30. The van der Waals surface area contributed by atoms with Crippen molar-refractivity contribution in [2.24, 2.45) is 17.8 Å². The van der Waals surface area contributed by atoms with E-state index in [1.165, 1.54) is 6.42 Å². The van der Waals surface area contributed by atoms with E-state index in [4.69, 9.17) is 9.15 Å². The van der Waals surface area contributed by atoms with E-state index < -0.39 is 0 Å². The fraction of sp³-hybridized carbons (Fsp3) is 0.526. The molecule has 1 aromatic carbocycles. The first-order valence-electron chi connectivity index (χ1n) is 8.61. The topological polar surface area (TPSA) is 71.7 Å². The fourth-order valence-electron chi connectivity index (χ4n) is 4.73. The van der Waals surface area contributed by atoms with Crippen LogP contribution in [0.1, 0.15) is 35.4 Å². The molecule has 2 saturated carbocycles. The van der Waals surface area contributed by atoms with Gasteiger partial charge in [0.2, 0.25) is 0 Å². The molecule has 4 unspecified atom stereocenters.